The number of benzene rings is 1. The van der Waals surface area contributed by atoms with Crippen molar-refractivity contribution >= 4 is 28.2 Å². The Morgan fingerprint density at radius 1 is 0.761 bits per heavy atom. The number of nitrogens with zero attached hydrogens (tertiary/aromatic N) is 4. The molecule has 6 heteroatoms. The topological polar surface area (TPSA) is 87.7 Å². The highest BCUT2D eigenvalue weighted by Gasteiger charge is 2.33. The van der Waals surface area contributed by atoms with E-state index in [1.807, 2.05) is 18.2 Å². The zero-order valence-corrected chi connectivity index (χ0v) is 15.4. The molecule has 0 saturated carbocycles. The van der Waals surface area contributed by atoms with Crippen molar-refractivity contribution in [1.29, 1.82) is 0 Å². The number of nitrogens with two attached hydrogens (primary N) is 1. The molecule has 4 rings (SSSR count). The molecule has 294 valence electrons. The minimum absolute atomic E-state index is 0. The van der Waals surface area contributed by atoms with Crippen molar-refractivity contribution in [3.63, 3.8) is 0 Å². The van der Waals surface area contributed by atoms with E-state index in [2.05, 4.69) is 16.1 Å². The molecule has 2 aromatic rings. The molecule has 1 aromatic carbocycles. The second-order valence-electron chi connectivity index (χ2n) is 7.38. The summed E-state index contributed by atoms with van der Waals surface area (Å²) >= 11 is 6.13. The van der Waals surface area contributed by atoms with Gasteiger partial charge in [-0.1, -0.05) is 177 Å². The summed E-state index contributed by atoms with van der Waals surface area (Å²) in [7, 11) is 0. The fourth-order valence-corrected chi connectivity index (χ4v) is 4.72. The minimum atomic E-state index is 0. The molecule has 2 aliphatic carbocycles. The van der Waals surface area contributed by atoms with Crippen LogP contribution >= 0.6 is 11.6 Å². The summed E-state index contributed by atoms with van der Waals surface area (Å²) < 4.78 is 0. The van der Waals surface area contributed by atoms with Crippen molar-refractivity contribution < 1.29 is 0 Å². The van der Waals surface area contributed by atoms with Crippen molar-refractivity contribution in [2.45, 2.75) is 193 Å². The average Bonchev–Trinajstić information content (AvgIpc) is 2.60. The van der Waals surface area contributed by atoms with Gasteiger partial charge in [0.2, 0.25) is 0 Å². The molecule has 0 saturated heterocycles. The van der Waals surface area contributed by atoms with Gasteiger partial charge >= 0.3 is 0 Å². The number of unbranched alkanes of at least 4 members (excludes halogenated alkanes) is 1. The number of hydrogen-bond donors (Lipinski definition) is 1. The maximum atomic E-state index is 8.35. The number of nitrogen functional groups attached to an aromatic ring is 1. The van der Waals surface area contributed by atoms with Gasteiger partial charge in [0.25, 0.3) is 0 Å². The summed E-state index contributed by atoms with van der Waals surface area (Å²) in [6.45, 7) is 0.588. The Morgan fingerprint density at radius 2 is 1.26 bits per heavy atom. The number of pyridine rings is 1. The largest absolute Gasteiger partial charge is 0.398 e. The van der Waals surface area contributed by atoms with Crippen molar-refractivity contribution in [3.05, 3.63) is 56.6 Å². The monoisotopic (exact) mass is 688 g/mol. The summed E-state index contributed by atoms with van der Waals surface area (Å²) in [6.07, 6.45) is 8.74. The highest BCUT2D eigenvalue weighted by Crippen LogP contribution is 2.47. The van der Waals surface area contributed by atoms with Crippen LogP contribution in [0, 0.1) is 5.92 Å². The van der Waals surface area contributed by atoms with E-state index in [1.165, 1.54) is 17.6 Å². The van der Waals surface area contributed by atoms with Gasteiger partial charge in [-0.2, -0.15) is 0 Å². The molecule has 0 spiro atoms. The van der Waals surface area contributed by atoms with Crippen LogP contribution in [0.15, 0.2) is 35.0 Å². The smallest absolute Gasteiger partial charge is 0.0741 e. The first-order valence-electron chi connectivity index (χ1n) is 9.23. The highest BCUT2D eigenvalue weighted by atomic mass is 35.5. The molecule has 2 aliphatic rings. The number of anilines is 1. The van der Waals surface area contributed by atoms with Gasteiger partial charge in [0.1, 0.15) is 0 Å². The van der Waals surface area contributed by atoms with Crippen molar-refractivity contribution in [2.75, 3.05) is 12.3 Å². The van der Waals surface area contributed by atoms with Crippen LogP contribution in [0.4, 0.5) is 5.69 Å². The van der Waals surface area contributed by atoms with Crippen LogP contribution in [0.5, 0.6) is 0 Å². The molecule has 0 aliphatic heterocycles. The lowest BCUT2D eigenvalue weighted by molar-refractivity contribution is 0.426. The van der Waals surface area contributed by atoms with Gasteiger partial charge in [0.05, 0.1) is 5.52 Å². The molecule has 46 heavy (non-hydrogen) atoms. The van der Waals surface area contributed by atoms with Crippen LogP contribution in [0.2, 0.25) is 5.02 Å². The van der Waals surface area contributed by atoms with Gasteiger partial charge in [0.15, 0.2) is 0 Å². The third-order valence-corrected chi connectivity index (χ3v) is 5.84. The molecule has 2 atom stereocenters. The predicted octanol–water partition coefficient (Wildman–Crippen LogP) is 18.6. The third-order valence-electron chi connectivity index (χ3n) is 5.61. The molecule has 1 aromatic heterocycles. The summed E-state index contributed by atoms with van der Waals surface area (Å²) in [5, 5.41) is 5.32. The fourth-order valence-electron chi connectivity index (χ4n) is 4.55. The maximum Gasteiger partial charge on any atom is 0.0741 e. The summed E-state index contributed by atoms with van der Waals surface area (Å²) in [5.41, 5.74) is 20.6. The Bertz CT molecular complexity index is 935. The molecule has 2 N–H and O–H groups in total. The SMILES string of the molecule is C.C.C.C.C.C.C.C.C.C.C.C.C.C.C.C.C.C.C.C.[N-]=[N+]=NCCCCC1=CC2Cc3nc4cc(Cl)ccc4c(N)c3C(C1)C2. The van der Waals surface area contributed by atoms with E-state index < -0.39 is 0 Å². The molecule has 5 nitrogen and oxygen atoms in total. The molecule has 2 unspecified atom stereocenters. The maximum absolute atomic E-state index is 8.35. The lowest BCUT2D eigenvalue weighted by Gasteiger charge is -2.36. The van der Waals surface area contributed by atoms with Crippen molar-refractivity contribution in [3.8, 4) is 0 Å². The van der Waals surface area contributed by atoms with Crippen LogP contribution in [0.3, 0.4) is 0 Å². The number of rotatable bonds is 5. The second kappa shape index (κ2) is 49.6. The minimum Gasteiger partial charge on any atom is -0.398 e. The second-order valence-corrected chi connectivity index (χ2v) is 7.82. The third kappa shape index (κ3) is 24.0. The first kappa shape index (κ1) is 112. The van der Waals surface area contributed by atoms with Crippen molar-refractivity contribution in [1.82, 2.24) is 4.98 Å². The first-order chi connectivity index (χ1) is 12.7. The van der Waals surface area contributed by atoms with Gasteiger partial charge in [-0.3, -0.25) is 4.98 Å². The zero-order valence-electron chi connectivity index (χ0n) is 14.7. The van der Waals surface area contributed by atoms with E-state index in [0.29, 0.717) is 23.4 Å². The summed E-state index contributed by atoms with van der Waals surface area (Å²) in [5.74, 6) is 1.02. The first-order valence-corrected chi connectivity index (χ1v) is 9.61. The number of aromatic nitrogens is 1. The van der Waals surface area contributed by atoms with Crippen LogP contribution in [0.1, 0.15) is 198 Å². The van der Waals surface area contributed by atoms with E-state index in [9.17, 15) is 0 Å². The van der Waals surface area contributed by atoms with E-state index in [4.69, 9.17) is 27.8 Å². The summed E-state index contributed by atoms with van der Waals surface area (Å²) in [4.78, 5) is 7.71. The van der Waals surface area contributed by atoms with Gasteiger partial charge < -0.3 is 5.73 Å². The fraction of sp³-hybridized carbons (Fsp3) is 0.725. The quantitative estimate of drug-likeness (QED) is 0.111. The Morgan fingerprint density at radius 3 is 1.74 bits per heavy atom. The molecular weight excluding hydrogens is 586 g/mol. The van der Waals surface area contributed by atoms with E-state index in [-0.39, 0.29) is 149 Å². The standard InChI is InChI=1S/C20H22ClN5.20CH4/c21-15-4-5-16-17(11-15)25-18-10-13-7-12(3-1-2-6-24-26-23)8-14(9-13)19(18)20(16)22;;;;;;;;;;;;;;;;;;;;/h4-5,7,11,13-14H,1-3,6,8-10H2,(H2,22,25);20*1H4. The normalized spacial score (nSPS) is 11.9. The summed E-state index contributed by atoms with van der Waals surface area (Å²) in [6, 6.07) is 5.78. The number of allylic oxidation sites excluding steroid dienone is 2. The Kier molecular flexibility index (Phi) is 121. The van der Waals surface area contributed by atoms with E-state index >= 15 is 0 Å². The number of fused-ring (bicyclic) bond motifs is 5. The van der Waals surface area contributed by atoms with Crippen molar-refractivity contribution in [2.24, 2.45) is 11.0 Å². The highest BCUT2D eigenvalue weighted by molar-refractivity contribution is 6.31. The van der Waals surface area contributed by atoms with Gasteiger partial charge in [-0.25, -0.2) is 0 Å². The van der Waals surface area contributed by atoms with E-state index in [1.54, 1.807) is 0 Å². The van der Waals surface area contributed by atoms with Crippen LogP contribution < -0.4 is 5.73 Å². The predicted molar refractivity (Wildman–Crippen MR) is 241 cm³/mol. The van der Waals surface area contributed by atoms with Gasteiger partial charge in [-0.15, -0.1) is 0 Å². The van der Waals surface area contributed by atoms with E-state index in [0.717, 1.165) is 54.4 Å². The van der Waals surface area contributed by atoms with Crippen LogP contribution in [-0.4, -0.2) is 11.5 Å². The van der Waals surface area contributed by atoms with Crippen LogP contribution in [0.25, 0.3) is 21.3 Å². The van der Waals surface area contributed by atoms with Crippen LogP contribution in [-0.2, 0) is 6.42 Å². The molecule has 2 bridgehead atoms. The average molecular weight is 689 g/mol. The number of azide groups is 1. The van der Waals surface area contributed by atoms with Gasteiger partial charge in [0, 0.05) is 38.8 Å². The molecule has 1 heterocycles. The Hall–Kier alpha value is -2.23. The lowest BCUT2D eigenvalue weighted by atomic mass is 9.70. The molecule has 0 amide bonds. The Balaban J connectivity index is -0.0000000280. The van der Waals surface area contributed by atoms with Gasteiger partial charge in [-0.05, 0) is 74.1 Å². The number of hydrogen-bond acceptors (Lipinski definition) is 3. The molecule has 0 fully saturated rings. The number of halogens is 1. The molecule has 0 radical (unpaired) electrons. The molecular formula is C40H102ClN5. The lowest BCUT2D eigenvalue weighted by Crippen LogP contribution is -2.24. The zero-order chi connectivity index (χ0) is 18.1. The Labute approximate surface area is 305 Å².